The van der Waals surface area contributed by atoms with Gasteiger partial charge in [-0.1, -0.05) is 19.8 Å². The van der Waals surface area contributed by atoms with E-state index in [4.69, 9.17) is 5.73 Å². The summed E-state index contributed by atoms with van der Waals surface area (Å²) in [4.78, 5) is 3.88. The molecule has 1 aliphatic carbocycles. The average molecular weight is 331 g/mol. The fourth-order valence-corrected chi connectivity index (χ4v) is 4.83. The monoisotopic (exact) mass is 330 g/mol. The van der Waals surface area contributed by atoms with Gasteiger partial charge in [-0.2, -0.15) is 0 Å². The zero-order chi connectivity index (χ0) is 13.1. The standard InChI is InChI=1S/C14H23BrN2S/c1-10-4-3-5-11(8-10)17(2)13(9-16)14-12(15)6-7-18-14/h6-7,10-11,13H,3-5,8-9,16H2,1-2H3. The van der Waals surface area contributed by atoms with Crippen LogP contribution < -0.4 is 5.73 Å². The maximum Gasteiger partial charge on any atom is 0.0575 e. The van der Waals surface area contributed by atoms with Gasteiger partial charge in [0.05, 0.1) is 6.04 Å². The predicted molar refractivity (Wildman–Crippen MR) is 83.0 cm³/mol. The smallest absolute Gasteiger partial charge is 0.0575 e. The van der Waals surface area contributed by atoms with Crippen LogP contribution in [-0.4, -0.2) is 24.5 Å². The van der Waals surface area contributed by atoms with Crippen molar-refractivity contribution in [2.24, 2.45) is 11.7 Å². The molecular formula is C14H23BrN2S. The van der Waals surface area contributed by atoms with E-state index in [9.17, 15) is 0 Å². The molecule has 2 rings (SSSR count). The van der Waals surface area contributed by atoms with Gasteiger partial charge in [-0.3, -0.25) is 4.90 Å². The highest BCUT2D eigenvalue weighted by atomic mass is 79.9. The Morgan fingerprint density at radius 1 is 1.56 bits per heavy atom. The summed E-state index contributed by atoms with van der Waals surface area (Å²) in [5, 5.41) is 2.14. The molecule has 1 fully saturated rings. The predicted octanol–water partition coefficient (Wildman–Crippen LogP) is 4.02. The van der Waals surface area contributed by atoms with Gasteiger partial charge in [-0.25, -0.2) is 0 Å². The molecule has 102 valence electrons. The number of thiophene rings is 1. The SMILES string of the molecule is CC1CCCC(N(C)C(CN)c2sccc2Br)C1. The molecule has 1 aromatic heterocycles. The van der Waals surface area contributed by atoms with Crippen LogP contribution in [0.15, 0.2) is 15.9 Å². The van der Waals surface area contributed by atoms with Gasteiger partial charge in [0, 0.05) is 21.9 Å². The fourth-order valence-electron chi connectivity index (χ4n) is 3.03. The summed E-state index contributed by atoms with van der Waals surface area (Å²) in [5.41, 5.74) is 6.02. The molecule has 0 radical (unpaired) electrons. The third-order valence-corrected chi connectivity index (χ3v) is 6.12. The maximum absolute atomic E-state index is 6.02. The van der Waals surface area contributed by atoms with E-state index in [1.807, 2.05) is 0 Å². The van der Waals surface area contributed by atoms with E-state index in [-0.39, 0.29) is 0 Å². The second-order valence-electron chi connectivity index (χ2n) is 5.48. The fraction of sp³-hybridized carbons (Fsp3) is 0.714. The van der Waals surface area contributed by atoms with Gasteiger partial charge in [0.15, 0.2) is 0 Å². The summed E-state index contributed by atoms with van der Waals surface area (Å²) in [6, 6.07) is 3.17. The van der Waals surface area contributed by atoms with Gasteiger partial charge in [0.1, 0.15) is 0 Å². The van der Waals surface area contributed by atoms with Crippen LogP contribution in [0.3, 0.4) is 0 Å². The Kier molecular flexibility index (Phi) is 5.24. The van der Waals surface area contributed by atoms with Crippen molar-refractivity contribution >= 4 is 27.3 Å². The lowest BCUT2D eigenvalue weighted by molar-refractivity contribution is 0.122. The van der Waals surface area contributed by atoms with Gasteiger partial charge < -0.3 is 5.73 Å². The molecule has 1 heterocycles. The van der Waals surface area contributed by atoms with E-state index in [0.29, 0.717) is 18.6 Å². The number of nitrogens with zero attached hydrogens (tertiary/aromatic N) is 1. The highest BCUT2D eigenvalue weighted by Gasteiger charge is 2.28. The van der Waals surface area contributed by atoms with Crippen LogP contribution in [0.4, 0.5) is 0 Å². The Morgan fingerprint density at radius 2 is 2.33 bits per heavy atom. The van der Waals surface area contributed by atoms with Crippen molar-refractivity contribution in [2.75, 3.05) is 13.6 Å². The molecule has 1 aliphatic rings. The molecule has 4 heteroatoms. The molecule has 0 spiro atoms. The molecule has 1 saturated carbocycles. The van der Waals surface area contributed by atoms with Gasteiger partial charge in [-0.05, 0) is 53.2 Å². The second kappa shape index (κ2) is 6.51. The van der Waals surface area contributed by atoms with E-state index in [1.165, 1.54) is 35.0 Å². The minimum Gasteiger partial charge on any atom is -0.329 e. The molecule has 0 amide bonds. The molecule has 0 saturated heterocycles. The Labute approximate surface area is 123 Å². The number of halogens is 1. The lowest BCUT2D eigenvalue weighted by Crippen LogP contribution is -2.40. The minimum absolute atomic E-state index is 0.356. The van der Waals surface area contributed by atoms with Crippen LogP contribution >= 0.6 is 27.3 Å². The molecular weight excluding hydrogens is 308 g/mol. The number of likely N-dealkylation sites (N-methyl/N-ethyl adjacent to an activating group) is 1. The Hall–Kier alpha value is 0.100. The van der Waals surface area contributed by atoms with Gasteiger partial charge >= 0.3 is 0 Å². The third-order valence-electron chi connectivity index (χ3n) is 4.15. The van der Waals surface area contributed by atoms with Crippen LogP contribution in [0.25, 0.3) is 0 Å². The summed E-state index contributed by atoms with van der Waals surface area (Å²) < 4.78 is 1.21. The topological polar surface area (TPSA) is 29.3 Å². The number of hydrogen-bond acceptors (Lipinski definition) is 3. The molecule has 3 unspecified atom stereocenters. The van der Waals surface area contributed by atoms with Crippen molar-refractivity contribution < 1.29 is 0 Å². The van der Waals surface area contributed by atoms with E-state index in [0.717, 1.165) is 5.92 Å². The second-order valence-corrected chi connectivity index (χ2v) is 7.28. The van der Waals surface area contributed by atoms with Crippen molar-refractivity contribution in [3.63, 3.8) is 0 Å². The van der Waals surface area contributed by atoms with E-state index >= 15 is 0 Å². The zero-order valence-corrected chi connectivity index (χ0v) is 13.6. The van der Waals surface area contributed by atoms with Crippen molar-refractivity contribution in [2.45, 2.75) is 44.7 Å². The lowest BCUT2D eigenvalue weighted by Gasteiger charge is -2.38. The average Bonchev–Trinajstić information content (AvgIpc) is 2.77. The maximum atomic E-state index is 6.02. The lowest BCUT2D eigenvalue weighted by atomic mass is 9.86. The van der Waals surface area contributed by atoms with E-state index in [1.54, 1.807) is 11.3 Å². The van der Waals surface area contributed by atoms with Crippen LogP contribution in [0.5, 0.6) is 0 Å². The largest absolute Gasteiger partial charge is 0.329 e. The van der Waals surface area contributed by atoms with Crippen LogP contribution in [0.1, 0.15) is 43.5 Å². The highest BCUT2D eigenvalue weighted by Crippen LogP contribution is 2.36. The molecule has 0 aliphatic heterocycles. The first-order chi connectivity index (χ1) is 8.63. The van der Waals surface area contributed by atoms with E-state index in [2.05, 4.69) is 46.2 Å². The summed E-state index contributed by atoms with van der Waals surface area (Å²) >= 11 is 5.45. The van der Waals surface area contributed by atoms with Gasteiger partial charge in [0.2, 0.25) is 0 Å². The number of nitrogens with two attached hydrogens (primary N) is 1. The van der Waals surface area contributed by atoms with Crippen molar-refractivity contribution in [3.05, 3.63) is 20.8 Å². The molecule has 1 aromatic rings. The quantitative estimate of drug-likeness (QED) is 0.903. The Morgan fingerprint density at radius 3 is 2.89 bits per heavy atom. The zero-order valence-electron chi connectivity index (χ0n) is 11.2. The van der Waals surface area contributed by atoms with Crippen molar-refractivity contribution in [1.29, 1.82) is 0 Å². The third kappa shape index (κ3) is 3.16. The molecule has 2 nitrogen and oxygen atoms in total. The summed E-state index contributed by atoms with van der Waals surface area (Å²) in [7, 11) is 2.24. The number of hydrogen-bond donors (Lipinski definition) is 1. The van der Waals surface area contributed by atoms with Crippen molar-refractivity contribution in [1.82, 2.24) is 4.90 Å². The summed E-state index contributed by atoms with van der Waals surface area (Å²) in [6.45, 7) is 3.07. The molecule has 3 atom stereocenters. The Bertz CT molecular complexity index is 380. The first kappa shape index (κ1) is 14.5. The molecule has 0 aromatic carbocycles. The van der Waals surface area contributed by atoms with Crippen LogP contribution in [-0.2, 0) is 0 Å². The van der Waals surface area contributed by atoms with Crippen LogP contribution in [0, 0.1) is 5.92 Å². The first-order valence-electron chi connectivity index (χ1n) is 6.78. The van der Waals surface area contributed by atoms with Gasteiger partial charge in [-0.15, -0.1) is 11.3 Å². The van der Waals surface area contributed by atoms with Gasteiger partial charge in [0.25, 0.3) is 0 Å². The molecule has 0 bridgehead atoms. The van der Waals surface area contributed by atoms with Crippen LogP contribution in [0.2, 0.25) is 0 Å². The summed E-state index contributed by atoms with van der Waals surface area (Å²) in [6.07, 6.45) is 5.38. The van der Waals surface area contributed by atoms with Crippen molar-refractivity contribution in [3.8, 4) is 0 Å². The van der Waals surface area contributed by atoms with E-state index < -0.39 is 0 Å². The summed E-state index contributed by atoms with van der Waals surface area (Å²) in [5.74, 6) is 0.858. The minimum atomic E-state index is 0.356. The normalized spacial score (nSPS) is 26.5. The Balaban J connectivity index is 2.10. The first-order valence-corrected chi connectivity index (χ1v) is 8.45. The molecule has 18 heavy (non-hydrogen) atoms. The highest BCUT2D eigenvalue weighted by molar-refractivity contribution is 9.10. The molecule has 2 N–H and O–H groups in total. The number of rotatable bonds is 4.